The normalized spacial score (nSPS) is 11.0. The van der Waals surface area contributed by atoms with Crippen LogP contribution >= 0.6 is 11.8 Å². The van der Waals surface area contributed by atoms with E-state index in [9.17, 15) is 4.79 Å². The van der Waals surface area contributed by atoms with Gasteiger partial charge < -0.3 is 9.88 Å². The van der Waals surface area contributed by atoms with Crippen molar-refractivity contribution in [3.8, 4) is 0 Å². The summed E-state index contributed by atoms with van der Waals surface area (Å²) in [6.45, 7) is 5.12. The van der Waals surface area contributed by atoms with E-state index in [1.807, 2.05) is 29.1 Å². The van der Waals surface area contributed by atoms with E-state index in [4.69, 9.17) is 0 Å². The van der Waals surface area contributed by atoms with Gasteiger partial charge in [-0.15, -0.1) is 11.8 Å². The van der Waals surface area contributed by atoms with E-state index in [0.717, 1.165) is 33.7 Å². The minimum Gasteiger partial charge on any atom is -0.350 e. The molecule has 5 heteroatoms. The zero-order chi connectivity index (χ0) is 17.6. The van der Waals surface area contributed by atoms with Crippen LogP contribution in [0.3, 0.4) is 0 Å². The predicted molar refractivity (Wildman–Crippen MR) is 104 cm³/mol. The minimum atomic E-state index is 0.0126. The van der Waals surface area contributed by atoms with Crippen LogP contribution in [0.2, 0.25) is 0 Å². The highest BCUT2D eigenvalue weighted by Crippen LogP contribution is 2.26. The molecule has 0 radical (unpaired) electrons. The van der Waals surface area contributed by atoms with Crippen LogP contribution < -0.4 is 5.32 Å². The minimum absolute atomic E-state index is 0.0126. The van der Waals surface area contributed by atoms with Crippen molar-refractivity contribution < 1.29 is 4.79 Å². The third kappa shape index (κ3) is 4.23. The molecule has 2 heterocycles. The number of nitrogens with one attached hydrogen (secondary N) is 1. The van der Waals surface area contributed by atoms with E-state index in [2.05, 4.69) is 48.4 Å². The van der Waals surface area contributed by atoms with Crippen LogP contribution in [0.15, 0.2) is 53.8 Å². The summed E-state index contributed by atoms with van der Waals surface area (Å²) in [5.41, 5.74) is 3.48. The van der Waals surface area contributed by atoms with Gasteiger partial charge in [-0.1, -0.05) is 38.1 Å². The average Bonchev–Trinajstić information content (AvgIpc) is 3.04. The van der Waals surface area contributed by atoms with Crippen molar-refractivity contribution in [3.05, 3.63) is 59.9 Å². The molecule has 130 valence electrons. The van der Waals surface area contributed by atoms with E-state index >= 15 is 0 Å². The van der Waals surface area contributed by atoms with Crippen molar-refractivity contribution in [2.75, 3.05) is 5.75 Å². The number of aromatic nitrogens is 2. The van der Waals surface area contributed by atoms with Crippen molar-refractivity contribution in [1.29, 1.82) is 0 Å². The van der Waals surface area contributed by atoms with E-state index in [1.165, 1.54) is 5.56 Å². The van der Waals surface area contributed by atoms with Crippen LogP contribution in [0.4, 0.5) is 0 Å². The summed E-state index contributed by atoms with van der Waals surface area (Å²) in [7, 11) is 0. The van der Waals surface area contributed by atoms with Crippen molar-refractivity contribution in [1.82, 2.24) is 14.9 Å². The van der Waals surface area contributed by atoms with Gasteiger partial charge in [0.05, 0.1) is 5.52 Å². The third-order valence-corrected chi connectivity index (χ3v) is 5.06. The van der Waals surface area contributed by atoms with Gasteiger partial charge in [0, 0.05) is 24.3 Å². The summed E-state index contributed by atoms with van der Waals surface area (Å²) in [6.07, 6.45) is 4.80. The summed E-state index contributed by atoms with van der Waals surface area (Å²) in [4.78, 5) is 16.7. The molecule has 0 saturated carbocycles. The Bertz CT molecular complexity index is 855. The predicted octanol–water partition coefficient (Wildman–Crippen LogP) is 4.03. The number of thioether (sulfide) groups is 1. The highest BCUT2D eigenvalue weighted by atomic mass is 32.2. The van der Waals surface area contributed by atoms with Crippen LogP contribution in [0.25, 0.3) is 10.9 Å². The van der Waals surface area contributed by atoms with Crippen molar-refractivity contribution in [2.24, 2.45) is 0 Å². The maximum Gasteiger partial charge on any atom is 0.240 e. The maximum absolute atomic E-state index is 12.3. The molecule has 0 bridgehead atoms. The number of nitrogens with zero attached hydrogens (tertiary/aromatic N) is 2. The first-order chi connectivity index (χ1) is 12.2. The molecule has 3 rings (SSSR count). The molecular formula is C20H23N3OS. The van der Waals surface area contributed by atoms with E-state index < -0.39 is 0 Å². The van der Waals surface area contributed by atoms with Gasteiger partial charge in [-0.25, -0.2) is 4.98 Å². The van der Waals surface area contributed by atoms with Gasteiger partial charge >= 0.3 is 0 Å². The molecule has 25 heavy (non-hydrogen) atoms. The van der Waals surface area contributed by atoms with Crippen LogP contribution in [-0.4, -0.2) is 21.2 Å². The van der Waals surface area contributed by atoms with Crippen LogP contribution in [-0.2, 0) is 24.3 Å². The molecule has 0 spiro atoms. The molecule has 2 aromatic heterocycles. The fourth-order valence-corrected chi connectivity index (χ4v) is 3.53. The van der Waals surface area contributed by atoms with Crippen LogP contribution in [0.1, 0.15) is 25.0 Å². The number of pyridine rings is 1. The summed E-state index contributed by atoms with van der Waals surface area (Å²) in [5, 5.41) is 5.13. The second kappa shape index (κ2) is 8.21. The first kappa shape index (κ1) is 17.5. The molecular weight excluding hydrogens is 330 g/mol. The second-order valence-corrected chi connectivity index (χ2v) is 7.13. The summed E-state index contributed by atoms with van der Waals surface area (Å²) in [5.74, 6) is 0.993. The molecule has 0 saturated heterocycles. The zero-order valence-electron chi connectivity index (χ0n) is 14.7. The first-order valence-electron chi connectivity index (χ1n) is 8.62. The molecule has 0 aliphatic carbocycles. The molecule has 4 nitrogen and oxygen atoms in total. The highest BCUT2D eigenvalue weighted by Gasteiger charge is 2.09. The maximum atomic E-state index is 12.3. The number of hydrogen-bond acceptors (Lipinski definition) is 3. The Morgan fingerprint density at radius 3 is 2.60 bits per heavy atom. The zero-order valence-corrected chi connectivity index (χ0v) is 15.5. The van der Waals surface area contributed by atoms with Crippen molar-refractivity contribution in [3.63, 3.8) is 0 Å². The number of aryl methyl sites for hydroxylation is 1. The molecule has 1 aromatic carbocycles. The molecule has 1 N–H and O–H groups in total. The summed E-state index contributed by atoms with van der Waals surface area (Å²) >= 11 is 1.72. The Kier molecular flexibility index (Phi) is 5.76. The Balaban J connectivity index is 1.64. The number of hydrogen-bond donors (Lipinski definition) is 1. The number of carbonyl (C=O) groups excluding carboxylic acids is 1. The quantitative estimate of drug-likeness (QED) is 0.653. The second-order valence-electron chi connectivity index (χ2n) is 5.87. The summed E-state index contributed by atoms with van der Waals surface area (Å²) < 4.78 is 1.98. The van der Waals surface area contributed by atoms with Gasteiger partial charge in [0.15, 0.2) is 0 Å². The number of carbonyl (C=O) groups is 1. The molecule has 0 aliphatic heterocycles. The van der Waals surface area contributed by atoms with E-state index in [0.29, 0.717) is 13.1 Å². The fourth-order valence-electron chi connectivity index (χ4n) is 2.79. The van der Waals surface area contributed by atoms with Gasteiger partial charge in [0.2, 0.25) is 5.91 Å². The standard InChI is InChI=1S/C20H23N3OS/c1-3-15-5-7-16(8-6-15)13-22-19(24)14-23-12-10-17-18(23)9-11-21-20(17)25-4-2/h5-12H,3-4,13-14H2,1-2H3,(H,22,24). The Morgan fingerprint density at radius 2 is 1.88 bits per heavy atom. The van der Waals surface area contributed by atoms with Gasteiger partial charge in [-0.3, -0.25) is 4.79 Å². The Hall–Kier alpha value is -2.27. The van der Waals surface area contributed by atoms with Crippen molar-refractivity contribution in [2.45, 2.75) is 38.4 Å². The van der Waals surface area contributed by atoms with Gasteiger partial charge in [-0.05, 0) is 35.4 Å². The number of fused-ring (bicyclic) bond motifs is 1. The first-order valence-corrected chi connectivity index (χ1v) is 9.61. The lowest BCUT2D eigenvalue weighted by Crippen LogP contribution is -2.26. The Labute approximate surface area is 152 Å². The molecule has 0 unspecified atom stereocenters. The third-order valence-electron chi connectivity index (χ3n) is 4.18. The molecule has 1 amide bonds. The summed E-state index contributed by atoms with van der Waals surface area (Å²) in [6, 6.07) is 12.4. The SMILES string of the molecule is CCSc1nccc2c1ccn2CC(=O)NCc1ccc(CC)cc1. The van der Waals surface area contributed by atoms with Gasteiger partial charge in [-0.2, -0.15) is 0 Å². The number of rotatable bonds is 7. The van der Waals surface area contributed by atoms with Crippen LogP contribution in [0.5, 0.6) is 0 Å². The fraction of sp³-hybridized carbons (Fsp3) is 0.300. The molecule has 0 fully saturated rings. The molecule has 0 aliphatic rings. The van der Waals surface area contributed by atoms with Gasteiger partial charge in [0.1, 0.15) is 11.6 Å². The highest BCUT2D eigenvalue weighted by molar-refractivity contribution is 7.99. The molecule has 3 aromatic rings. The van der Waals surface area contributed by atoms with E-state index in [1.54, 1.807) is 11.8 Å². The number of benzene rings is 1. The monoisotopic (exact) mass is 353 g/mol. The lowest BCUT2D eigenvalue weighted by atomic mass is 10.1. The van der Waals surface area contributed by atoms with E-state index in [-0.39, 0.29) is 5.91 Å². The Morgan fingerprint density at radius 1 is 1.12 bits per heavy atom. The number of amides is 1. The lowest BCUT2D eigenvalue weighted by Gasteiger charge is -2.08. The lowest BCUT2D eigenvalue weighted by molar-refractivity contribution is -0.121. The topological polar surface area (TPSA) is 46.9 Å². The largest absolute Gasteiger partial charge is 0.350 e. The average molecular weight is 353 g/mol. The van der Waals surface area contributed by atoms with Gasteiger partial charge in [0.25, 0.3) is 0 Å². The molecule has 0 atom stereocenters. The van der Waals surface area contributed by atoms with Crippen molar-refractivity contribution >= 4 is 28.6 Å². The smallest absolute Gasteiger partial charge is 0.240 e. The van der Waals surface area contributed by atoms with Crippen LogP contribution in [0, 0.1) is 0 Å².